The Kier molecular flexibility index (Phi) is 12.4. The van der Waals surface area contributed by atoms with E-state index in [2.05, 4.69) is 328 Å². The van der Waals surface area contributed by atoms with Crippen LogP contribution in [0.3, 0.4) is 0 Å². The van der Waals surface area contributed by atoms with Crippen LogP contribution in [-0.2, 0) is 10.8 Å². The molecule has 2 aliphatic carbocycles. The topological polar surface area (TPSA) is 82.9 Å². The van der Waals surface area contributed by atoms with E-state index in [0.717, 1.165) is 160 Å². The molecule has 0 bridgehead atoms. The number of aromatic nitrogens is 5. The van der Waals surface area contributed by atoms with Crippen molar-refractivity contribution in [3.05, 3.63) is 378 Å². The predicted molar refractivity (Wildman–Crippen MR) is 441 cm³/mol. The first-order valence-electron chi connectivity index (χ1n) is 36.6. The molecule has 4 aliphatic rings. The Morgan fingerprint density at radius 3 is 1.17 bits per heavy atom. The van der Waals surface area contributed by atoms with Gasteiger partial charge >= 0.3 is 0 Å². The van der Waals surface area contributed by atoms with Crippen LogP contribution in [0.4, 0.5) is 0 Å². The average molecular weight is 1410 g/mol. The monoisotopic (exact) mass is 1410 g/mol. The molecule has 24 rings (SSSR count). The Hall–Kier alpha value is -13.6. The van der Waals surface area contributed by atoms with Crippen LogP contribution >= 0.6 is 22.7 Å². The van der Waals surface area contributed by atoms with Crippen molar-refractivity contribution in [1.82, 2.24) is 24.9 Å². The summed E-state index contributed by atoms with van der Waals surface area (Å²) in [6.07, 6.45) is 1.87. The van der Waals surface area contributed by atoms with E-state index >= 15 is 0 Å². The summed E-state index contributed by atoms with van der Waals surface area (Å²) in [7, 11) is 0. The summed E-state index contributed by atoms with van der Waals surface area (Å²) >= 11 is 3.51. The number of hydrogen-bond acceptors (Lipinski definition) is 9. The molecule has 9 heteroatoms. The Bertz CT molecular complexity index is 7240. The third-order valence-electron chi connectivity index (χ3n) is 23.3. The summed E-state index contributed by atoms with van der Waals surface area (Å²) in [6, 6.07) is 119. The van der Waals surface area contributed by atoms with Gasteiger partial charge in [-0.25, -0.2) is 19.9 Å². The molecule has 0 atom stereocenters. The summed E-state index contributed by atoms with van der Waals surface area (Å²) in [5, 5.41) is 9.07. The van der Waals surface area contributed by atoms with Crippen molar-refractivity contribution in [2.24, 2.45) is 0 Å². The van der Waals surface area contributed by atoms with Crippen molar-refractivity contribution in [3.8, 4) is 113 Å². The molecule has 2 spiro atoms. The highest BCUT2D eigenvalue weighted by atomic mass is 32.1. The fourth-order valence-electron chi connectivity index (χ4n) is 18.5. The second-order valence-electron chi connectivity index (χ2n) is 28.8. The molecule has 500 valence electrons. The molecule has 0 amide bonds. The molecular weight excluding hydrogens is 1360 g/mol. The molecule has 0 saturated heterocycles. The van der Waals surface area contributed by atoms with Crippen LogP contribution in [-0.4, -0.2) is 24.9 Å². The Morgan fingerprint density at radius 2 is 0.630 bits per heavy atom. The van der Waals surface area contributed by atoms with E-state index in [-0.39, 0.29) is 0 Å². The molecule has 0 fully saturated rings. The van der Waals surface area contributed by atoms with Crippen molar-refractivity contribution in [2.45, 2.75) is 10.8 Å². The highest BCUT2D eigenvalue weighted by Crippen LogP contribution is 2.65. The second-order valence-corrected chi connectivity index (χ2v) is 30.9. The number of thiophene rings is 2. The van der Waals surface area contributed by atoms with Gasteiger partial charge in [0.1, 0.15) is 28.7 Å². The molecule has 0 N–H and O–H groups in total. The van der Waals surface area contributed by atoms with Crippen LogP contribution in [0.15, 0.2) is 334 Å². The zero-order valence-corrected chi connectivity index (χ0v) is 59.3. The lowest BCUT2D eigenvalue weighted by Crippen LogP contribution is -2.32. The molecule has 15 aromatic carbocycles. The van der Waals surface area contributed by atoms with Gasteiger partial charge in [-0.2, -0.15) is 0 Å². The third-order valence-corrected chi connectivity index (χ3v) is 25.6. The van der Waals surface area contributed by atoms with Crippen molar-refractivity contribution in [3.63, 3.8) is 0 Å². The van der Waals surface area contributed by atoms with E-state index in [1.165, 1.54) is 59.1 Å². The molecule has 0 unspecified atom stereocenters. The van der Waals surface area contributed by atoms with E-state index in [0.29, 0.717) is 11.6 Å². The zero-order valence-electron chi connectivity index (χ0n) is 57.6. The molecule has 7 nitrogen and oxygen atoms in total. The van der Waals surface area contributed by atoms with Crippen molar-refractivity contribution in [1.29, 1.82) is 0 Å². The molecule has 0 radical (unpaired) electrons. The fraction of sp³-hybridized carbons (Fsp3) is 0.0202. The molecule has 2 aliphatic heterocycles. The minimum Gasteiger partial charge on any atom is -0.457 e. The van der Waals surface area contributed by atoms with Gasteiger partial charge in [-0.3, -0.25) is 4.98 Å². The maximum absolute atomic E-state index is 6.85. The molecule has 7 heterocycles. The van der Waals surface area contributed by atoms with Crippen LogP contribution in [0.25, 0.3) is 163 Å². The predicted octanol–water partition coefficient (Wildman–Crippen LogP) is 25.8. The Morgan fingerprint density at radius 1 is 0.241 bits per heavy atom. The molecule has 0 saturated carbocycles. The van der Waals surface area contributed by atoms with Gasteiger partial charge in [0.15, 0.2) is 11.6 Å². The molecular formula is C99H55N5O2S2. The first-order chi connectivity index (χ1) is 53.5. The first-order valence-corrected chi connectivity index (χ1v) is 38.2. The summed E-state index contributed by atoms with van der Waals surface area (Å²) in [5.41, 5.74) is 24.8. The SMILES string of the molecule is c1ccc2c(c1)Oc1ccccc1C21c2ccc(-c3nc(-c4ccc(-c5ccc(-c6ccc7cc8c(cc7c6)C6(c7ccccc7Oc7ccccc76)c6ccc(-c7nc(-c9nccc%10ccccc9%10)nc9c7sc7ccccc79)cc6-8)cc5)cc4)nc4c3sc3ccccc34)cc2-c2cc3ccccc3cc21. The summed E-state index contributed by atoms with van der Waals surface area (Å²) in [5.74, 6) is 4.74. The van der Waals surface area contributed by atoms with Crippen LogP contribution in [0.1, 0.15) is 44.5 Å². The lowest BCUT2D eigenvalue weighted by Gasteiger charge is -2.39. The Labute approximate surface area is 627 Å². The first kappa shape index (κ1) is 59.8. The third kappa shape index (κ3) is 8.39. The quantitative estimate of drug-likeness (QED) is 0.164. The zero-order chi connectivity index (χ0) is 70.5. The summed E-state index contributed by atoms with van der Waals surface area (Å²) in [6.45, 7) is 0. The van der Waals surface area contributed by atoms with Crippen molar-refractivity contribution in [2.75, 3.05) is 0 Å². The van der Waals surface area contributed by atoms with Gasteiger partial charge in [-0.05, 0) is 179 Å². The summed E-state index contributed by atoms with van der Waals surface area (Å²) < 4.78 is 18.0. The van der Waals surface area contributed by atoms with E-state index < -0.39 is 10.8 Å². The largest absolute Gasteiger partial charge is 0.457 e. The number of pyridine rings is 1. The van der Waals surface area contributed by atoms with Gasteiger partial charge in [-0.15, -0.1) is 22.7 Å². The van der Waals surface area contributed by atoms with Gasteiger partial charge in [0.2, 0.25) is 0 Å². The van der Waals surface area contributed by atoms with Crippen molar-refractivity contribution < 1.29 is 9.47 Å². The minimum atomic E-state index is -0.698. The number of para-hydroxylation sites is 4. The van der Waals surface area contributed by atoms with Gasteiger partial charge in [-0.1, -0.05) is 243 Å². The van der Waals surface area contributed by atoms with Gasteiger partial charge < -0.3 is 9.47 Å². The lowest BCUT2D eigenvalue weighted by atomic mass is 9.66. The van der Waals surface area contributed by atoms with E-state index in [4.69, 9.17) is 34.4 Å². The second kappa shape index (κ2) is 22.5. The standard InChI is InChI=1S/C99H55N5O2S2/c1-2-19-62-54-81-73(50-61(62)18-1)71-52-65(43-45-75(71)98(81)77-23-7-11-27-83(77)105-84-28-12-8-24-78(84)98)89-94-91(69-21-5-15-31-87(69)107-94)103-96(101-89)60-39-37-57(38-40-60)56-33-35-58(36-34-56)63-41-42-64-51-74-72-53-66(44-46-76(72)99(82(74)55-67(64)49-63)79-25-9-13-29-85(79)106-86-30-14-10-26-80(86)99)90-95-92(70-22-6-16-32-88(70)108-95)104-97(102-90)93-68-20-4-3-17-59(68)47-48-100-93/h1-55H. The highest BCUT2D eigenvalue weighted by Gasteiger charge is 2.53. The van der Waals surface area contributed by atoms with Crippen LogP contribution in [0.5, 0.6) is 23.0 Å². The van der Waals surface area contributed by atoms with Crippen LogP contribution < -0.4 is 9.47 Å². The maximum atomic E-state index is 6.85. The smallest absolute Gasteiger partial charge is 0.180 e. The number of benzene rings is 15. The van der Waals surface area contributed by atoms with E-state index in [9.17, 15) is 0 Å². The van der Waals surface area contributed by atoms with Gasteiger partial charge in [0.25, 0.3) is 0 Å². The van der Waals surface area contributed by atoms with Crippen LogP contribution in [0, 0.1) is 0 Å². The number of rotatable bonds is 6. The number of fused-ring (bicyclic) bond motifs is 27. The fourth-order valence-corrected chi connectivity index (χ4v) is 20.8. The number of ether oxygens (including phenoxy) is 2. The summed E-state index contributed by atoms with van der Waals surface area (Å²) in [4.78, 5) is 26.9. The van der Waals surface area contributed by atoms with E-state index in [1.54, 1.807) is 22.7 Å². The average Bonchev–Trinajstić information content (AvgIpc) is 1.50. The molecule has 20 aromatic rings. The molecule has 5 aromatic heterocycles. The van der Waals surface area contributed by atoms with Gasteiger partial charge in [0, 0.05) is 70.7 Å². The van der Waals surface area contributed by atoms with Crippen LogP contribution in [0.2, 0.25) is 0 Å². The van der Waals surface area contributed by atoms with Crippen molar-refractivity contribution >= 4 is 95.6 Å². The number of nitrogens with zero attached hydrogens (tertiary/aromatic N) is 5. The Balaban J connectivity index is 0.599. The highest BCUT2D eigenvalue weighted by molar-refractivity contribution is 7.26. The van der Waals surface area contributed by atoms with E-state index in [1.807, 2.05) is 6.20 Å². The number of hydrogen-bond donors (Lipinski definition) is 0. The lowest BCUT2D eigenvalue weighted by molar-refractivity contribution is 0.436. The minimum absolute atomic E-state index is 0.605. The maximum Gasteiger partial charge on any atom is 0.180 e. The normalized spacial score (nSPS) is 13.7. The molecule has 108 heavy (non-hydrogen) atoms. The van der Waals surface area contributed by atoms with Gasteiger partial charge in [0.05, 0.1) is 42.7 Å².